The molecule has 3 N–H and O–H groups in total. The van der Waals surface area contributed by atoms with Crippen molar-refractivity contribution < 1.29 is 19.5 Å². The van der Waals surface area contributed by atoms with Crippen LogP contribution in [0.25, 0.3) is 0 Å². The summed E-state index contributed by atoms with van der Waals surface area (Å²) >= 11 is 0. The first-order valence-electron chi connectivity index (χ1n) is 4.26. The first kappa shape index (κ1) is 11.4. The van der Waals surface area contributed by atoms with E-state index < -0.39 is 13.7 Å². The average molecular weight is 216 g/mol. The molecule has 0 aliphatic heterocycles. The molecule has 0 saturated heterocycles. The van der Waals surface area contributed by atoms with Crippen molar-refractivity contribution in [2.45, 2.75) is 12.5 Å². The van der Waals surface area contributed by atoms with Crippen LogP contribution >= 0.6 is 7.60 Å². The number of hydrogen-bond donors (Lipinski definition) is 3. The van der Waals surface area contributed by atoms with Crippen molar-refractivity contribution in [3.05, 3.63) is 35.9 Å². The van der Waals surface area contributed by atoms with Crippen molar-refractivity contribution in [1.82, 2.24) is 0 Å². The predicted molar refractivity (Wildman–Crippen MR) is 52.9 cm³/mol. The maximum Gasteiger partial charge on any atom is 0.325 e. The summed E-state index contributed by atoms with van der Waals surface area (Å²) < 4.78 is 10.6. The highest BCUT2D eigenvalue weighted by molar-refractivity contribution is 7.51. The lowest BCUT2D eigenvalue weighted by atomic mass is 10.1. The molecule has 4 nitrogen and oxygen atoms in total. The maximum absolute atomic E-state index is 10.6. The third-order valence-corrected chi connectivity index (χ3v) is 2.72. The molecular formula is C9H13O4P. The lowest BCUT2D eigenvalue weighted by molar-refractivity contribution is 0.172. The summed E-state index contributed by atoms with van der Waals surface area (Å²) in [6.45, 7) is 0. The fourth-order valence-electron chi connectivity index (χ4n) is 1.13. The van der Waals surface area contributed by atoms with E-state index in [-0.39, 0.29) is 12.6 Å². The molecular weight excluding hydrogens is 203 g/mol. The molecule has 0 bridgehead atoms. The van der Waals surface area contributed by atoms with E-state index in [2.05, 4.69) is 0 Å². The second-order valence-electron chi connectivity index (χ2n) is 3.10. The van der Waals surface area contributed by atoms with Gasteiger partial charge in [0.1, 0.15) is 0 Å². The Bertz CT molecular complexity index is 319. The number of rotatable bonds is 4. The van der Waals surface area contributed by atoms with Crippen LogP contribution in [0.4, 0.5) is 0 Å². The molecule has 5 heteroatoms. The van der Waals surface area contributed by atoms with Crippen molar-refractivity contribution in [1.29, 1.82) is 0 Å². The highest BCUT2D eigenvalue weighted by Crippen LogP contribution is 2.37. The van der Waals surface area contributed by atoms with Crippen LogP contribution in [-0.4, -0.2) is 21.1 Å². The monoisotopic (exact) mass is 216 g/mol. The fourth-order valence-corrected chi connectivity index (χ4v) is 1.71. The maximum atomic E-state index is 10.6. The van der Waals surface area contributed by atoms with Crippen molar-refractivity contribution in [2.24, 2.45) is 0 Å². The molecule has 78 valence electrons. The van der Waals surface area contributed by atoms with E-state index in [0.717, 1.165) is 0 Å². The van der Waals surface area contributed by atoms with Gasteiger partial charge in [-0.15, -0.1) is 0 Å². The summed E-state index contributed by atoms with van der Waals surface area (Å²) in [6, 6.07) is 8.82. The molecule has 0 amide bonds. The Balaban J connectivity index is 2.52. The van der Waals surface area contributed by atoms with Gasteiger partial charge in [0.15, 0.2) is 0 Å². The van der Waals surface area contributed by atoms with Gasteiger partial charge in [-0.3, -0.25) is 4.57 Å². The Morgan fingerprint density at radius 1 is 1.21 bits per heavy atom. The van der Waals surface area contributed by atoms with E-state index in [1.54, 1.807) is 24.3 Å². The van der Waals surface area contributed by atoms with Crippen molar-refractivity contribution in [2.75, 3.05) is 6.16 Å². The third-order valence-electron chi connectivity index (χ3n) is 1.88. The summed E-state index contributed by atoms with van der Waals surface area (Å²) in [5.74, 6) is 0. The van der Waals surface area contributed by atoms with Gasteiger partial charge in [0.25, 0.3) is 0 Å². The van der Waals surface area contributed by atoms with Gasteiger partial charge < -0.3 is 14.9 Å². The van der Waals surface area contributed by atoms with E-state index in [1.165, 1.54) is 0 Å². The molecule has 0 radical (unpaired) electrons. The van der Waals surface area contributed by atoms with Gasteiger partial charge in [0, 0.05) is 0 Å². The average Bonchev–Trinajstić information content (AvgIpc) is 2.14. The Labute approximate surface area is 82.4 Å². The van der Waals surface area contributed by atoms with Gasteiger partial charge in [-0.25, -0.2) is 0 Å². The molecule has 0 aliphatic carbocycles. The van der Waals surface area contributed by atoms with Crippen LogP contribution < -0.4 is 0 Å². The van der Waals surface area contributed by atoms with Crippen LogP contribution in [0.2, 0.25) is 0 Å². The smallest absolute Gasteiger partial charge is 0.325 e. The number of hydrogen-bond acceptors (Lipinski definition) is 2. The molecule has 0 saturated carbocycles. The summed E-state index contributed by atoms with van der Waals surface area (Å²) in [5, 5.41) is 9.54. The van der Waals surface area contributed by atoms with Gasteiger partial charge in [0.05, 0.1) is 12.3 Å². The van der Waals surface area contributed by atoms with E-state index in [1.807, 2.05) is 6.07 Å². The molecule has 1 rings (SSSR count). The topological polar surface area (TPSA) is 77.8 Å². The zero-order valence-electron chi connectivity index (χ0n) is 7.58. The lowest BCUT2D eigenvalue weighted by Gasteiger charge is -2.10. The normalized spacial score (nSPS) is 13.9. The van der Waals surface area contributed by atoms with E-state index >= 15 is 0 Å². The van der Waals surface area contributed by atoms with Crippen molar-refractivity contribution in [3.63, 3.8) is 0 Å². The van der Waals surface area contributed by atoms with Crippen molar-refractivity contribution in [3.8, 4) is 0 Å². The van der Waals surface area contributed by atoms with Gasteiger partial charge in [0.2, 0.25) is 0 Å². The molecule has 0 spiro atoms. The standard InChI is InChI=1S/C9H13O4P/c10-9(6-7-14(11,12)13)8-4-2-1-3-5-8/h1-5,9-10H,6-7H2,(H2,11,12,13). The molecule has 0 heterocycles. The second kappa shape index (κ2) is 4.71. The van der Waals surface area contributed by atoms with Gasteiger partial charge in [-0.05, 0) is 12.0 Å². The SMILES string of the molecule is O=P(O)(O)CCC(O)c1ccccc1. The zero-order chi connectivity index (χ0) is 10.6. The Hall–Kier alpha value is -0.670. The van der Waals surface area contributed by atoms with Gasteiger partial charge in [-0.1, -0.05) is 30.3 Å². The molecule has 0 fully saturated rings. The van der Waals surface area contributed by atoms with Crippen LogP contribution in [0.3, 0.4) is 0 Å². The molecule has 1 aromatic carbocycles. The number of aliphatic hydroxyl groups is 1. The van der Waals surface area contributed by atoms with Crippen LogP contribution in [-0.2, 0) is 4.57 Å². The van der Waals surface area contributed by atoms with Crippen LogP contribution in [0, 0.1) is 0 Å². The third kappa shape index (κ3) is 4.03. The summed E-state index contributed by atoms with van der Waals surface area (Å²) in [4.78, 5) is 17.2. The summed E-state index contributed by atoms with van der Waals surface area (Å²) in [7, 11) is -4.00. The van der Waals surface area contributed by atoms with E-state index in [0.29, 0.717) is 5.56 Å². The quantitative estimate of drug-likeness (QED) is 0.662. The van der Waals surface area contributed by atoms with Crippen LogP contribution in [0.1, 0.15) is 18.1 Å². The molecule has 0 aromatic heterocycles. The molecule has 1 atom stereocenters. The summed E-state index contributed by atoms with van der Waals surface area (Å²) in [6.07, 6.45) is -1.01. The minimum atomic E-state index is -4.00. The number of aliphatic hydroxyl groups excluding tert-OH is 1. The largest absolute Gasteiger partial charge is 0.388 e. The van der Waals surface area contributed by atoms with Crippen molar-refractivity contribution >= 4 is 7.60 Å². The fraction of sp³-hybridized carbons (Fsp3) is 0.333. The molecule has 1 unspecified atom stereocenters. The summed E-state index contributed by atoms with van der Waals surface area (Å²) in [5.41, 5.74) is 0.681. The Kier molecular flexibility index (Phi) is 3.84. The van der Waals surface area contributed by atoms with Gasteiger partial charge >= 0.3 is 7.60 Å². The molecule has 1 aromatic rings. The molecule has 14 heavy (non-hydrogen) atoms. The first-order valence-corrected chi connectivity index (χ1v) is 6.06. The molecule has 0 aliphatic rings. The van der Waals surface area contributed by atoms with Crippen LogP contribution in [0.15, 0.2) is 30.3 Å². The lowest BCUT2D eigenvalue weighted by Crippen LogP contribution is -2.00. The number of benzene rings is 1. The Morgan fingerprint density at radius 2 is 1.79 bits per heavy atom. The predicted octanol–water partition coefficient (Wildman–Crippen LogP) is 1.29. The highest BCUT2D eigenvalue weighted by atomic mass is 31.2. The van der Waals surface area contributed by atoms with Gasteiger partial charge in [-0.2, -0.15) is 0 Å². The zero-order valence-corrected chi connectivity index (χ0v) is 8.47. The van der Waals surface area contributed by atoms with Crippen LogP contribution in [0.5, 0.6) is 0 Å². The highest BCUT2D eigenvalue weighted by Gasteiger charge is 2.16. The van der Waals surface area contributed by atoms with E-state index in [9.17, 15) is 9.67 Å². The van der Waals surface area contributed by atoms with E-state index in [4.69, 9.17) is 9.79 Å². The first-order chi connectivity index (χ1) is 6.49. The Morgan fingerprint density at radius 3 is 2.29 bits per heavy atom. The minimum Gasteiger partial charge on any atom is -0.388 e. The second-order valence-corrected chi connectivity index (χ2v) is 4.88. The minimum absolute atomic E-state index is 0.0777.